The zero-order chi connectivity index (χ0) is 8.97. The minimum atomic E-state index is -0.282. The second-order valence-electron chi connectivity index (χ2n) is 2.63. The van der Waals surface area contributed by atoms with Crippen LogP contribution in [0.4, 0.5) is 0 Å². The van der Waals surface area contributed by atoms with Crippen LogP contribution in [0.25, 0.3) is 0 Å². The monoisotopic (exact) mass is 164 g/mol. The molecule has 2 N–H and O–H groups in total. The molecule has 0 unspecified atom stereocenters. The number of aryl methyl sites for hydroxylation is 1. The maximum absolute atomic E-state index is 8.39. The Balaban J connectivity index is 2.69. The standard InChI is InChI=1S/C9H12N2O/c1-2-7-3-4-9(12-7)8(11)5-6-10/h3-4,8H,2,5,11H2,1H3/t8-/m0/s1. The number of nitrogens with zero attached hydrogens (tertiary/aromatic N) is 1. The minimum Gasteiger partial charge on any atom is -0.464 e. The third-order valence-corrected chi connectivity index (χ3v) is 1.71. The van der Waals surface area contributed by atoms with Crippen molar-refractivity contribution in [2.24, 2.45) is 5.73 Å². The Bertz CT molecular complexity index is 285. The molecule has 0 saturated heterocycles. The number of rotatable bonds is 3. The van der Waals surface area contributed by atoms with Crippen molar-refractivity contribution >= 4 is 0 Å². The van der Waals surface area contributed by atoms with Crippen molar-refractivity contribution in [1.82, 2.24) is 0 Å². The molecule has 0 saturated carbocycles. The number of nitriles is 1. The van der Waals surface area contributed by atoms with Crippen LogP contribution in [0, 0.1) is 11.3 Å². The molecule has 0 bridgehead atoms. The molecule has 3 nitrogen and oxygen atoms in total. The molecule has 0 amide bonds. The Hall–Kier alpha value is -1.27. The van der Waals surface area contributed by atoms with Crippen molar-refractivity contribution < 1.29 is 4.42 Å². The Morgan fingerprint density at radius 2 is 2.42 bits per heavy atom. The van der Waals surface area contributed by atoms with E-state index >= 15 is 0 Å². The molecule has 1 aromatic rings. The first-order valence-electron chi connectivity index (χ1n) is 3.99. The molecular weight excluding hydrogens is 152 g/mol. The first-order chi connectivity index (χ1) is 5.77. The van der Waals surface area contributed by atoms with E-state index in [9.17, 15) is 0 Å². The van der Waals surface area contributed by atoms with Gasteiger partial charge in [0, 0.05) is 6.42 Å². The molecule has 3 heteroatoms. The van der Waals surface area contributed by atoms with Gasteiger partial charge >= 0.3 is 0 Å². The van der Waals surface area contributed by atoms with E-state index in [-0.39, 0.29) is 6.04 Å². The van der Waals surface area contributed by atoms with Gasteiger partial charge in [-0.1, -0.05) is 6.92 Å². The summed E-state index contributed by atoms with van der Waals surface area (Å²) in [6, 6.07) is 5.46. The molecule has 0 spiro atoms. The minimum absolute atomic E-state index is 0.282. The number of hydrogen-bond donors (Lipinski definition) is 1. The summed E-state index contributed by atoms with van der Waals surface area (Å²) in [4.78, 5) is 0. The highest BCUT2D eigenvalue weighted by Crippen LogP contribution is 2.16. The van der Waals surface area contributed by atoms with E-state index in [2.05, 4.69) is 0 Å². The quantitative estimate of drug-likeness (QED) is 0.740. The predicted molar refractivity (Wildman–Crippen MR) is 45.2 cm³/mol. The highest BCUT2D eigenvalue weighted by molar-refractivity contribution is 5.11. The highest BCUT2D eigenvalue weighted by Gasteiger charge is 2.09. The molecule has 1 heterocycles. The summed E-state index contributed by atoms with van der Waals surface area (Å²) in [6.07, 6.45) is 1.16. The van der Waals surface area contributed by atoms with Gasteiger partial charge in [-0.2, -0.15) is 5.26 Å². The lowest BCUT2D eigenvalue weighted by Gasteiger charge is -2.01. The molecule has 0 aliphatic carbocycles. The zero-order valence-electron chi connectivity index (χ0n) is 7.08. The molecular formula is C9H12N2O. The Labute approximate surface area is 71.8 Å². The molecule has 1 atom stereocenters. The maximum atomic E-state index is 8.39. The first-order valence-corrected chi connectivity index (χ1v) is 3.99. The van der Waals surface area contributed by atoms with Gasteiger partial charge < -0.3 is 10.2 Å². The van der Waals surface area contributed by atoms with Gasteiger partial charge in [-0.15, -0.1) is 0 Å². The molecule has 0 fully saturated rings. The summed E-state index contributed by atoms with van der Waals surface area (Å²) in [7, 11) is 0. The van der Waals surface area contributed by atoms with Gasteiger partial charge in [0.1, 0.15) is 11.5 Å². The zero-order valence-corrected chi connectivity index (χ0v) is 7.08. The number of nitrogens with two attached hydrogens (primary N) is 1. The SMILES string of the molecule is CCc1ccc([C@@H](N)CC#N)o1. The van der Waals surface area contributed by atoms with Crippen LogP contribution in [0.15, 0.2) is 16.5 Å². The summed E-state index contributed by atoms with van der Waals surface area (Å²) >= 11 is 0. The normalized spacial score (nSPS) is 12.4. The Kier molecular flexibility index (Phi) is 2.89. The summed E-state index contributed by atoms with van der Waals surface area (Å²) in [5, 5.41) is 8.39. The van der Waals surface area contributed by atoms with E-state index in [0.717, 1.165) is 12.2 Å². The van der Waals surface area contributed by atoms with Gasteiger partial charge in [0.25, 0.3) is 0 Å². The number of hydrogen-bond acceptors (Lipinski definition) is 3. The van der Waals surface area contributed by atoms with Crippen molar-refractivity contribution in [2.75, 3.05) is 0 Å². The Morgan fingerprint density at radius 1 is 1.67 bits per heavy atom. The van der Waals surface area contributed by atoms with Crippen molar-refractivity contribution in [2.45, 2.75) is 25.8 Å². The smallest absolute Gasteiger partial charge is 0.121 e. The van der Waals surface area contributed by atoms with Gasteiger partial charge in [0.05, 0.1) is 18.5 Å². The summed E-state index contributed by atoms with van der Waals surface area (Å²) < 4.78 is 5.37. The van der Waals surface area contributed by atoms with Gasteiger partial charge in [0.2, 0.25) is 0 Å². The van der Waals surface area contributed by atoms with Crippen LogP contribution >= 0.6 is 0 Å². The fourth-order valence-corrected chi connectivity index (χ4v) is 0.983. The fourth-order valence-electron chi connectivity index (χ4n) is 0.983. The van der Waals surface area contributed by atoms with Crippen LogP contribution < -0.4 is 5.73 Å². The molecule has 0 radical (unpaired) electrons. The van der Waals surface area contributed by atoms with Crippen molar-refractivity contribution in [3.8, 4) is 6.07 Å². The largest absolute Gasteiger partial charge is 0.464 e. The highest BCUT2D eigenvalue weighted by atomic mass is 16.3. The average molecular weight is 164 g/mol. The molecule has 0 aromatic carbocycles. The third kappa shape index (κ3) is 1.86. The van der Waals surface area contributed by atoms with Gasteiger partial charge in [-0.25, -0.2) is 0 Å². The van der Waals surface area contributed by atoms with Crippen LogP contribution in [0.5, 0.6) is 0 Å². The van der Waals surface area contributed by atoms with E-state index in [1.54, 1.807) is 0 Å². The first kappa shape index (κ1) is 8.82. The van der Waals surface area contributed by atoms with Crippen molar-refractivity contribution in [3.63, 3.8) is 0 Å². The van der Waals surface area contributed by atoms with Crippen molar-refractivity contribution in [3.05, 3.63) is 23.7 Å². The molecule has 1 rings (SSSR count). The summed E-state index contributed by atoms with van der Waals surface area (Å²) in [5.41, 5.74) is 5.66. The van der Waals surface area contributed by atoms with Gasteiger partial charge in [-0.3, -0.25) is 0 Å². The van der Waals surface area contributed by atoms with Crippen molar-refractivity contribution in [1.29, 1.82) is 5.26 Å². The maximum Gasteiger partial charge on any atom is 0.121 e. The molecule has 12 heavy (non-hydrogen) atoms. The molecule has 0 aliphatic rings. The predicted octanol–water partition coefficient (Wildman–Crippen LogP) is 1.76. The third-order valence-electron chi connectivity index (χ3n) is 1.71. The summed E-state index contributed by atoms with van der Waals surface area (Å²) in [6.45, 7) is 2.01. The molecule has 0 aliphatic heterocycles. The lowest BCUT2D eigenvalue weighted by Crippen LogP contribution is -2.07. The van der Waals surface area contributed by atoms with E-state index in [0.29, 0.717) is 12.2 Å². The van der Waals surface area contributed by atoms with Crippen LogP contribution in [0.2, 0.25) is 0 Å². The van der Waals surface area contributed by atoms with E-state index in [1.807, 2.05) is 25.1 Å². The second kappa shape index (κ2) is 3.93. The molecule has 64 valence electrons. The van der Waals surface area contributed by atoms with E-state index in [4.69, 9.17) is 15.4 Å². The van der Waals surface area contributed by atoms with Gasteiger partial charge in [0.15, 0.2) is 0 Å². The van der Waals surface area contributed by atoms with Crippen LogP contribution in [0.1, 0.15) is 30.9 Å². The summed E-state index contributed by atoms with van der Waals surface area (Å²) in [5.74, 6) is 1.62. The second-order valence-corrected chi connectivity index (χ2v) is 2.63. The lowest BCUT2D eigenvalue weighted by molar-refractivity contribution is 0.438. The van der Waals surface area contributed by atoms with E-state index in [1.165, 1.54) is 0 Å². The average Bonchev–Trinajstić information content (AvgIpc) is 2.52. The Morgan fingerprint density at radius 3 is 2.92 bits per heavy atom. The fraction of sp³-hybridized carbons (Fsp3) is 0.444. The molecule has 1 aromatic heterocycles. The van der Waals surface area contributed by atoms with Crippen LogP contribution in [0.3, 0.4) is 0 Å². The number of furan rings is 1. The van der Waals surface area contributed by atoms with Crippen LogP contribution in [-0.2, 0) is 6.42 Å². The lowest BCUT2D eigenvalue weighted by atomic mass is 10.2. The van der Waals surface area contributed by atoms with Crippen LogP contribution in [-0.4, -0.2) is 0 Å². The van der Waals surface area contributed by atoms with E-state index < -0.39 is 0 Å². The topological polar surface area (TPSA) is 63.0 Å². The van der Waals surface area contributed by atoms with Gasteiger partial charge in [-0.05, 0) is 12.1 Å².